The Kier molecular flexibility index (Phi) is 4.71. The monoisotopic (exact) mass is 251 g/mol. The molecular formula is C13H17NO4. The van der Waals surface area contributed by atoms with Crippen molar-refractivity contribution in [3.8, 4) is 11.5 Å². The minimum Gasteiger partial charge on any atom is -0.494 e. The summed E-state index contributed by atoms with van der Waals surface area (Å²) < 4.78 is 10.4. The number of amides is 1. The van der Waals surface area contributed by atoms with Gasteiger partial charge in [-0.2, -0.15) is 0 Å². The van der Waals surface area contributed by atoms with E-state index in [0.29, 0.717) is 17.2 Å². The zero-order chi connectivity index (χ0) is 13.7. The first-order valence-corrected chi connectivity index (χ1v) is 5.60. The maximum absolute atomic E-state index is 11.6. The van der Waals surface area contributed by atoms with Crippen molar-refractivity contribution in [2.45, 2.75) is 20.3 Å². The van der Waals surface area contributed by atoms with Gasteiger partial charge in [0.05, 0.1) is 14.2 Å². The van der Waals surface area contributed by atoms with Crippen molar-refractivity contribution in [1.29, 1.82) is 0 Å². The minimum atomic E-state index is -0.669. The van der Waals surface area contributed by atoms with Crippen molar-refractivity contribution in [3.05, 3.63) is 17.7 Å². The molecule has 0 aromatic heterocycles. The number of ether oxygens (including phenoxy) is 2. The fourth-order valence-electron chi connectivity index (χ4n) is 1.51. The van der Waals surface area contributed by atoms with Gasteiger partial charge in [-0.1, -0.05) is 6.92 Å². The van der Waals surface area contributed by atoms with Gasteiger partial charge in [0, 0.05) is 6.42 Å². The number of aryl methyl sites for hydroxylation is 1. The number of rotatable bonds is 5. The van der Waals surface area contributed by atoms with E-state index in [4.69, 9.17) is 9.47 Å². The highest BCUT2D eigenvalue weighted by Crippen LogP contribution is 2.35. The summed E-state index contributed by atoms with van der Waals surface area (Å²) in [7, 11) is 2.98. The molecule has 1 aromatic rings. The second kappa shape index (κ2) is 6.05. The molecule has 1 amide bonds. The van der Waals surface area contributed by atoms with Crippen LogP contribution in [-0.4, -0.2) is 25.9 Å². The van der Waals surface area contributed by atoms with Crippen LogP contribution in [0.4, 0.5) is 5.69 Å². The van der Waals surface area contributed by atoms with Crippen LogP contribution in [0.5, 0.6) is 11.5 Å². The Hall–Kier alpha value is -2.04. The summed E-state index contributed by atoms with van der Waals surface area (Å²) in [6.07, 6.45) is 0.155. The van der Waals surface area contributed by atoms with Crippen LogP contribution in [0, 0.1) is 6.92 Å². The van der Waals surface area contributed by atoms with Crippen molar-refractivity contribution >= 4 is 17.4 Å². The Balaban J connectivity index is 3.13. The van der Waals surface area contributed by atoms with Gasteiger partial charge in [-0.05, 0) is 24.6 Å². The van der Waals surface area contributed by atoms with Crippen LogP contribution in [0.1, 0.15) is 18.9 Å². The van der Waals surface area contributed by atoms with E-state index < -0.39 is 11.7 Å². The van der Waals surface area contributed by atoms with E-state index in [9.17, 15) is 9.59 Å². The number of ketones is 1. The molecule has 0 aliphatic rings. The van der Waals surface area contributed by atoms with Crippen LogP contribution in [-0.2, 0) is 9.59 Å². The number of benzene rings is 1. The number of methoxy groups -OCH3 is 2. The molecule has 1 aromatic carbocycles. The third kappa shape index (κ3) is 3.00. The lowest BCUT2D eigenvalue weighted by molar-refractivity contribution is -0.134. The van der Waals surface area contributed by atoms with E-state index in [1.807, 2.05) is 6.92 Å². The lowest BCUT2D eigenvalue weighted by Gasteiger charge is -2.14. The van der Waals surface area contributed by atoms with Crippen LogP contribution in [0.2, 0.25) is 0 Å². The number of hydrogen-bond acceptors (Lipinski definition) is 4. The number of hydrogen-bond donors (Lipinski definition) is 1. The predicted molar refractivity (Wildman–Crippen MR) is 68.2 cm³/mol. The second-order valence-corrected chi connectivity index (χ2v) is 3.78. The molecule has 5 heteroatoms. The molecule has 0 heterocycles. The summed E-state index contributed by atoms with van der Waals surface area (Å²) in [6, 6.07) is 3.52. The highest BCUT2D eigenvalue weighted by molar-refractivity contribution is 6.40. The molecule has 0 saturated heterocycles. The largest absolute Gasteiger partial charge is 0.494 e. The summed E-state index contributed by atoms with van der Waals surface area (Å²) in [5.41, 5.74) is 1.31. The fourth-order valence-corrected chi connectivity index (χ4v) is 1.51. The third-order valence-electron chi connectivity index (χ3n) is 2.46. The Labute approximate surface area is 106 Å². The number of Topliss-reactive ketones (excluding diaryl/α,β-unsaturated/α-hetero) is 1. The van der Waals surface area contributed by atoms with Crippen molar-refractivity contribution in [3.63, 3.8) is 0 Å². The van der Waals surface area contributed by atoms with Crippen molar-refractivity contribution < 1.29 is 19.1 Å². The third-order valence-corrected chi connectivity index (χ3v) is 2.46. The zero-order valence-corrected chi connectivity index (χ0v) is 11.0. The number of carbonyl (C=O) groups is 2. The molecule has 0 aliphatic carbocycles. The molecule has 0 fully saturated rings. The average Bonchev–Trinajstić information content (AvgIpc) is 2.38. The number of carbonyl (C=O) groups excluding carboxylic acids is 2. The van der Waals surface area contributed by atoms with Crippen LogP contribution < -0.4 is 14.8 Å². The topological polar surface area (TPSA) is 64.6 Å². The highest BCUT2D eigenvalue weighted by Gasteiger charge is 2.17. The molecule has 1 rings (SSSR count). The molecule has 0 atom stereocenters. The van der Waals surface area contributed by atoms with E-state index in [1.165, 1.54) is 14.2 Å². The lowest BCUT2D eigenvalue weighted by Crippen LogP contribution is -2.22. The predicted octanol–water partition coefficient (Wildman–Crippen LogP) is 1.93. The second-order valence-electron chi connectivity index (χ2n) is 3.78. The molecule has 0 spiro atoms. The first-order chi connectivity index (χ1) is 8.53. The zero-order valence-electron chi connectivity index (χ0n) is 11.0. The number of anilines is 1. The Morgan fingerprint density at radius 3 is 2.06 bits per heavy atom. The van der Waals surface area contributed by atoms with Crippen molar-refractivity contribution in [1.82, 2.24) is 0 Å². The summed E-state index contributed by atoms with van der Waals surface area (Å²) in [5.74, 6) is -0.231. The minimum absolute atomic E-state index is 0.155. The summed E-state index contributed by atoms with van der Waals surface area (Å²) in [6.45, 7) is 3.51. The summed E-state index contributed by atoms with van der Waals surface area (Å²) >= 11 is 0. The lowest BCUT2D eigenvalue weighted by atomic mass is 10.1. The van der Waals surface area contributed by atoms with E-state index in [2.05, 4.69) is 5.32 Å². The quantitative estimate of drug-likeness (QED) is 0.812. The normalized spacial score (nSPS) is 9.78. The first-order valence-electron chi connectivity index (χ1n) is 5.60. The van der Waals surface area contributed by atoms with Gasteiger partial charge in [-0.15, -0.1) is 0 Å². The first kappa shape index (κ1) is 14.0. The van der Waals surface area contributed by atoms with E-state index in [-0.39, 0.29) is 6.42 Å². The van der Waals surface area contributed by atoms with Gasteiger partial charge in [-0.25, -0.2) is 0 Å². The van der Waals surface area contributed by atoms with Crippen molar-refractivity contribution in [2.75, 3.05) is 19.5 Å². The average molecular weight is 251 g/mol. The van der Waals surface area contributed by atoms with E-state index in [1.54, 1.807) is 19.1 Å². The van der Waals surface area contributed by atoms with Gasteiger partial charge in [0.25, 0.3) is 5.91 Å². The van der Waals surface area contributed by atoms with Gasteiger partial charge in [-0.3, -0.25) is 9.59 Å². The molecule has 98 valence electrons. The van der Waals surface area contributed by atoms with Crippen LogP contribution in [0.3, 0.4) is 0 Å². The molecule has 0 aliphatic heterocycles. The molecular weight excluding hydrogens is 234 g/mol. The van der Waals surface area contributed by atoms with E-state index in [0.717, 1.165) is 5.56 Å². The standard InChI is InChI=1S/C13H17NO4/c1-5-9(15)13(16)14-12-10(17-3)6-8(2)7-11(12)18-4/h6-7H,5H2,1-4H3,(H,14,16). The summed E-state index contributed by atoms with van der Waals surface area (Å²) in [4.78, 5) is 22.9. The Morgan fingerprint density at radius 2 is 1.67 bits per heavy atom. The maximum Gasteiger partial charge on any atom is 0.291 e. The Morgan fingerprint density at radius 1 is 1.17 bits per heavy atom. The fraction of sp³-hybridized carbons (Fsp3) is 0.385. The van der Waals surface area contributed by atoms with Crippen LogP contribution >= 0.6 is 0 Å². The molecule has 0 unspecified atom stereocenters. The van der Waals surface area contributed by atoms with Gasteiger partial charge in [0.1, 0.15) is 17.2 Å². The van der Waals surface area contributed by atoms with Crippen molar-refractivity contribution in [2.24, 2.45) is 0 Å². The van der Waals surface area contributed by atoms with Crippen LogP contribution in [0.15, 0.2) is 12.1 Å². The molecule has 18 heavy (non-hydrogen) atoms. The van der Waals surface area contributed by atoms with Gasteiger partial charge in [0.15, 0.2) is 0 Å². The van der Waals surface area contributed by atoms with Gasteiger partial charge >= 0.3 is 0 Å². The maximum atomic E-state index is 11.6. The van der Waals surface area contributed by atoms with E-state index >= 15 is 0 Å². The Bertz CT molecular complexity index is 443. The molecule has 0 radical (unpaired) electrons. The molecule has 1 N–H and O–H groups in total. The highest BCUT2D eigenvalue weighted by atomic mass is 16.5. The smallest absolute Gasteiger partial charge is 0.291 e. The SMILES string of the molecule is CCC(=O)C(=O)Nc1c(OC)cc(C)cc1OC. The number of nitrogens with one attached hydrogen (secondary N) is 1. The van der Waals surface area contributed by atoms with Gasteiger partial charge < -0.3 is 14.8 Å². The molecule has 0 saturated carbocycles. The van der Waals surface area contributed by atoms with Crippen LogP contribution in [0.25, 0.3) is 0 Å². The molecule has 0 bridgehead atoms. The molecule has 5 nitrogen and oxygen atoms in total. The summed E-state index contributed by atoms with van der Waals surface area (Å²) in [5, 5.41) is 2.52. The van der Waals surface area contributed by atoms with Gasteiger partial charge in [0.2, 0.25) is 5.78 Å².